The molecule has 0 saturated heterocycles. The molecule has 0 N–H and O–H groups in total. The fourth-order valence-electron chi connectivity index (χ4n) is 1.90. The van der Waals surface area contributed by atoms with Crippen molar-refractivity contribution in [3.05, 3.63) is 59.2 Å². The molecule has 0 aliphatic carbocycles. The van der Waals surface area contributed by atoms with Gasteiger partial charge in [-0.15, -0.1) is 0 Å². The van der Waals surface area contributed by atoms with Crippen molar-refractivity contribution in [2.75, 3.05) is 0 Å². The van der Waals surface area contributed by atoms with Gasteiger partial charge in [0, 0.05) is 6.07 Å². The smallest absolute Gasteiger partial charge is 0.126 e. The van der Waals surface area contributed by atoms with Crippen LogP contribution in [0.2, 0.25) is 0 Å². The Morgan fingerprint density at radius 1 is 0.875 bits per heavy atom. The van der Waals surface area contributed by atoms with Crippen molar-refractivity contribution in [1.82, 2.24) is 0 Å². The first-order valence-electron chi connectivity index (χ1n) is 5.01. The third-order valence-corrected chi connectivity index (χ3v) is 2.54. The number of hydrogen-bond acceptors (Lipinski definition) is 0. The minimum absolute atomic E-state index is 0.554. The number of benzene rings is 2. The van der Waals surface area contributed by atoms with Gasteiger partial charge in [-0.1, -0.05) is 12.1 Å². The molecule has 0 amide bonds. The lowest BCUT2D eigenvalue weighted by Crippen LogP contribution is -1.90. The molecule has 0 aliphatic heterocycles. The van der Waals surface area contributed by atoms with Gasteiger partial charge in [0.2, 0.25) is 0 Å². The Labute approximate surface area is 93.5 Å². The summed E-state index contributed by atoms with van der Waals surface area (Å²) in [7, 11) is 0. The van der Waals surface area contributed by atoms with Gasteiger partial charge in [0.15, 0.2) is 0 Å². The summed E-state index contributed by atoms with van der Waals surface area (Å²) in [6.07, 6.45) is 0. The maximum Gasteiger partial charge on any atom is 0.126 e. The quantitative estimate of drug-likeness (QED) is 0.676. The van der Waals surface area contributed by atoms with Crippen LogP contribution >= 0.6 is 0 Å². The summed E-state index contributed by atoms with van der Waals surface area (Å²) in [5, 5.41) is 0. The topological polar surface area (TPSA) is 0 Å². The number of hydrogen-bond donors (Lipinski definition) is 0. The molecule has 81 valence electrons. The standard InChI is InChI=1S/C14H11F2/c1-9-4-3-5-10(2)14(9)11-6-12(15)8-13(16)7-11/h4-8H,1-2H3. The van der Waals surface area contributed by atoms with Gasteiger partial charge < -0.3 is 0 Å². The Hall–Kier alpha value is -1.70. The Balaban J connectivity index is 2.67. The van der Waals surface area contributed by atoms with Crippen LogP contribution in [0.25, 0.3) is 11.1 Å². The molecule has 0 fully saturated rings. The van der Waals surface area contributed by atoms with Crippen LogP contribution in [-0.2, 0) is 0 Å². The van der Waals surface area contributed by atoms with Gasteiger partial charge in [-0.05, 0) is 54.3 Å². The molecule has 0 nitrogen and oxygen atoms in total. The van der Waals surface area contributed by atoms with E-state index < -0.39 is 11.6 Å². The van der Waals surface area contributed by atoms with Crippen LogP contribution in [0.3, 0.4) is 0 Å². The van der Waals surface area contributed by atoms with Gasteiger partial charge in [0.05, 0.1) is 0 Å². The normalized spacial score (nSPS) is 10.5. The van der Waals surface area contributed by atoms with Crippen LogP contribution in [0.5, 0.6) is 0 Å². The van der Waals surface area contributed by atoms with Gasteiger partial charge in [0.1, 0.15) is 11.6 Å². The molecular weight excluding hydrogens is 206 g/mol. The van der Waals surface area contributed by atoms with Gasteiger partial charge in [-0.2, -0.15) is 0 Å². The van der Waals surface area contributed by atoms with Gasteiger partial charge in [0.25, 0.3) is 0 Å². The number of halogens is 2. The highest BCUT2D eigenvalue weighted by atomic mass is 19.1. The zero-order chi connectivity index (χ0) is 11.7. The Morgan fingerprint density at radius 2 is 1.38 bits per heavy atom. The van der Waals surface area contributed by atoms with E-state index in [2.05, 4.69) is 6.07 Å². The van der Waals surface area contributed by atoms with E-state index in [0.29, 0.717) is 5.56 Å². The van der Waals surface area contributed by atoms with E-state index in [-0.39, 0.29) is 0 Å². The molecule has 0 unspecified atom stereocenters. The Kier molecular flexibility index (Phi) is 2.73. The minimum Gasteiger partial charge on any atom is -0.207 e. The molecule has 2 rings (SSSR count). The lowest BCUT2D eigenvalue weighted by atomic mass is 9.96. The van der Waals surface area contributed by atoms with Gasteiger partial charge in [-0.25, -0.2) is 8.78 Å². The van der Waals surface area contributed by atoms with E-state index in [0.717, 1.165) is 22.8 Å². The maximum atomic E-state index is 13.1. The highest BCUT2D eigenvalue weighted by Gasteiger charge is 2.08. The fraction of sp³-hybridized carbons (Fsp3) is 0.143. The third kappa shape index (κ3) is 1.96. The first-order valence-corrected chi connectivity index (χ1v) is 5.01. The van der Waals surface area contributed by atoms with Crippen molar-refractivity contribution in [3.63, 3.8) is 0 Å². The third-order valence-electron chi connectivity index (χ3n) is 2.54. The second-order valence-corrected chi connectivity index (χ2v) is 3.85. The minimum atomic E-state index is -0.554. The van der Waals surface area contributed by atoms with Gasteiger partial charge >= 0.3 is 0 Å². The fourth-order valence-corrected chi connectivity index (χ4v) is 1.90. The first-order chi connectivity index (χ1) is 7.58. The van der Waals surface area contributed by atoms with Crippen LogP contribution < -0.4 is 0 Å². The van der Waals surface area contributed by atoms with E-state index in [1.54, 1.807) is 0 Å². The summed E-state index contributed by atoms with van der Waals surface area (Å²) in [6.45, 7) is 3.81. The molecule has 2 heteroatoms. The second kappa shape index (κ2) is 4.05. The van der Waals surface area contributed by atoms with Crippen molar-refractivity contribution < 1.29 is 8.78 Å². The molecule has 0 aromatic heterocycles. The zero-order valence-corrected chi connectivity index (χ0v) is 9.14. The maximum absolute atomic E-state index is 13.1. The summed E-state index contributed by atoms with van der Waals surface area (Å²) in [6, 6.07) is 10.2. The Bertz CT molecular complexity index is 490. The van der Waals surface area contributed by atoms with Crippen molar-refractivity contribution >= 4 is 0 Å². The molecule has 0 heterocycles. The number of rotatable bonds is 1. The summed E-state index contributed by atoms with van der Waals surface area (Å²) in [4.78, 5) is 0. The summed E-state index contributed by atoms with van der Waals surface area (Å²) >= 11 is 0. The summed E-state index contributed by atoms with van der Waals surface area (Å²) in [5.41, 5.74) is 3.37. The van der Waals surface area contributed by atoms with Crippen LogP contribution in [0, 0.1) is 31.5 Å². The Morgan fingerprint density at radius 3 is 1.88 bits per heavy atom. The van der Waals surface area contributed by atoms with Crippen molar-refractivity contribution in [1.29, 1.82) is 0 Å². The molecule has 0 atom stereocenters. The lowest BCUT2D eigenvalue weighted by molar-refractivity contribution is 0.584. The SMILES string of the molecule is Cc1c[c]cc(C)c1-c1cc(F)cc(F)c1. The molecular formula is C14H11F2. The molecule has 0 bridgehead atoms. The van der Waals surface area contributed by atoms with Crippen molar-refractivity contribution in [3.8, 4) is 11.1 Å². The first kappa shape index (κ1) is 10.8. The lowest BCUT2D eigenvalue weighted by Gasteiger charge is -2.09. The zero-order valence-electron chi connectivity index (χ0n) is 9.14. The average molecular weight is 217 g/mol. The molecule has 0 saturated carbocycles. The van der Waals surface area contributed by atoms with E-state index in [1.165, 1.54) is 12.1 Å². The monoisotopic (exact) mass is 217 g/mol. The molecule has 2 aromatic rings. The molecule has 0 spiro atoms. The molecule has 1 radical (unpaired) electrons. The average Bonchev–Trinajstić information content (AvgIpc) is 2.15. The summed E-state index contributed by atoms with van der Waals surface area (Å²) < 4.78 is 26.3. The van der Waals surface area contributed by atoms with Gasteiger partial charge in [-0.3, -0.25) is 0 Å². The van der Waals surface area contributed by atoms with E-state index >= 15 is 0 Å². The number of aryl methyl sites for hydroxylation is 2. The highest BCUT2D eigenvalue weighted by Crippen LogP contribution is 2.27. The highest BCUT2D eigenvalue weighted by molar-refractivity contribution is 5.70. The van der Waals surface area contributed by atoms with Crippen LogP contribution in [0.15, 0.2) is 30.3 Å². The molecule has 0 aliphatic rings. The molecule has 2 aromatic carbocycles. The predicted molar refractivity (Wildman–Crippen MR) is 60.1 cm³/mol. The van der Waals surface area contributed by atoms with E-state index in [1.807, 2.05) is 26.0 Å². The van der Waals surface area contributed by atoms with Crippen LogP contribution in [-0.4, -0.2) is 0 Å². The van der Waals surface area contributed by atoms with Crippen molar-refractivity contribution in [2.24, 2.45) is 0 Å². The second-order valence-electron chi connectivity index (χ2n) is 3.85. The van der Waals surface area contributed by atoms with E-state index in [4.69, 9.17) is 0 Å². The van der Waals surface area contributed by atoms with Crippen LogP contribution in [0.4, 0.5) is 8.78 Å². The van der Waals surface area contributed by atoms with E-state index in [9.17, 15) is 8.78 Å². The van der Waals surface area contributed by atoms with Crippen LogP contribution in [0.1, 0.15) is 11.1 Å². The summed E-state index contributed by atoms with van der Waals surface area (Å²) in [5.74, 6) is -1.11. The predicted octanol–water partition coefficient (Wildman–Crippen LogP) is 4.05. The van der Waals surface area contributed by atoms with Crippen molar-refractivity contribution in [2.45, 2.75) is 13.8 Å². The largest absolute Gasteiger partial charge is 0.207 e. The molecule has 16 heavy (non-hydrogen) atoms.